The number of hydrogen-bond donors (Lipinski definition) is 1. The summed E-state index contributed by atoms with van der Waals surface area (Å²) in [5.41, 5.74) is 3.34. The monoisotopic (exact) mass is 329 g/mol. The molecule has 1 aromatic carbocycles. The Morgan fingerprint density at radius 1 is 1.14 bits per heavy atom. The fraction of sp³-hybridized carbons (Fsp3) is 0.533. The topological polar surface area (TPSA) is 73.9 Å². The first kappa shape index (κ1) is 18.8. The number of hydrogen-bond acceptors (Lipinski definition) is 5. The summed E-state index contributed by atoms with van der Waals surface area (Å²) in [6.07, 6.45) is 0.845. The fourth-order valence-corrected chi connectivity index (χ4v) is 3.48. The van der Waals surface area contributed by atoms with E-state index >= 15 is 0 Å². The minimum Gasteiger partial charge on any atom is -0.309 e. The maximum Gasteiger partial charge on any atom is 0.330 e. The van der Waals surface area contributed by atoms with Crippen LogP contribution in [0.5, 0.6) is 0 Å². The van der Waals surface area contributed by atoms with Crippen LogP contribution in [0.1, 0.15) is 32.3 Å². The Hall–Kier alpha value is -1.20. The van der Waals surface area contributed by atoms with Gasteiger partial charge in [0.05, 0.1) is 26.0 Å². The third-order valence-electron chi connectivity index (χ3n) is 2.76. The molecule has 6 nitrogen and oxygen atoms in total. The molecule has 0 unspecified atom stereocenters. The molecule has 0 aliphatic rings. The highest BCUT2D eigenvalue weighted by Gasteiger charge is 2.23. The number of amides is 1. The zero-order valence-electron chi connectivity index (χ0n) is 13.1. The molecular formula is C15H24NO5P. The lowest BCUT2D eigenvalue weighted by atomic mass is 10.2. The van der Waals surface area contributed by atoms with Crippen molar-refractivity contribution in [2.45, 2.75) is 33.3 Å². The van der Waals surface area contributed by atoms with Gasteiger partial charge in [0.2, 0.25) is 5.91 Å². The van der Waals surface area contributed by atoms with Gasteiger partial charge in [0.25, 0.3) is 0 Å². The predicted octanol–water partition coefficient (Wildman–Crippen LogP) is 3.28. The molecule has 0 spiro atoms. The summed E-state index contributed by atoms with van der Waals surface area (Å²) in [4.78, 5) is 16.8. The van der Waals surface area contributed by atoms with Crippen molar-refractivity contribution in [3.05, 3.63) is 35.9 Å². The van der Waals surface area contributed by atoms with Crippen LogP contribution < -0.4 is 5.48 Å². The highest BCUT2D eigenvalue weighted by molar-refractivity contribution is 7.53. The van der Waals surface area contributed by atoms with Crippen LogP contribution in [0.15, 0.2) is 30.3 Å². The van der Waals surface area contributed by atoms with Crippen LogP contribution in [0.25, 0.3) is 0 Å². The SMILES string of the molecule is CCOP(=O)(CCCC(=O)NOCc1ccccc1)OCC. The van der Waals surface area contributed by atoms with Crippen LogP contribution in [0.2, 0.25) is 0 Å². The van der Waals surface area contributed by atoms with Gasteiger partial charge in [-0.2, -0.15) is 0 Å². The number of rotatable bonds is 11. The van der Waals surface area contributed by atoms with Crippen molar-refractivity contribution in [1.29, 1.82) is 0 Å². The van der Waals surface area contributed by atoms with Crippen LogP contribution in [0.3, 0.4) is 0 Å². The molecule has 0 fully saturated rings. The van der Waals surface area contributed by atoms with Gasteiger partial charge >= 0.3 is 7.60 Å². The molecule has 1 amide bonds. The molecule has 0 heterocycles. The summed E-state index contributed by atoms with van der Waals surface area (Å²) >= 11 is 0. The number of carbonyl (C=O) groups excluding carboxylic acids is 1. The summed E-state index contributed by atoms with van der Waals surface area (Å²) in [6.45, 7) is 4.47. The first-order valence-electron chi connectivity index (χ1n) is 7.42. The van der Waals surface area contributed by atoms with Gasteiger partial charge in [-0.05, 0) is 25.8 Å². The Morgan fingerprint density at radius 3 is 2.36 bits per heavy atom. The maximum atomic E-state index is 12.2. The van der Waals surface area contributed by atoms with E-state index in [-0.39, 0.29) is 18.5 Å². The van der Waals surface area contributed by atoms with Crippen molar-refractivity contribution in [3.8, 4) is 0 Å². The number of hydroxylamine groups is 1. The summed E-state index contributed by atoms with van der Waals surface area (Å²) in [5, 5.41) is 0. The normalized spacial score (nSPS) is 11.4. The third-order valence-corrected chi connectivity index (χ3v) is 4.92. The van der Waals surface area contributed by atoms with Gasteiger partial charge in [-0.15, -0.1) is 0 Å². The zero-order valence-corrected chi connectivity index (χ0v) is 14.0. The highest BCUT2D eigenvalue weighted by Crippen LogP contribution is 2.48. The van der Waals surface area contributed by atoms with Gasteiger partial charge in [0.1, 0.15) is 0 Å². The van der Waals surface area contributed by atoms with Crippen molar-refractivity contribution in [2.75, 3.05) is 19.4 Å². The number of nitrogens with one attached hydrogen (secondary N) is 1. The van der Waals surface area contributed by atoms with E-state index in [4.69, 9.17) is 13.9 Å². The second kappa shape index (κ2) is 10.5. The van der Waals surface area contributed by atoms with Gasteiger partial charge in [0.15, 0.2) is 0 Å². The van der Waals surface area contributed by atoms with Crippen molar-refractivity contribution in [1.82, 2.24) is 5.48 Å². The molecule has 0 aromatic heterocycles. The van der Waals surface area contributed by atoms with Crippen molar-refractivity contribution in [2.24, 2.45) is 0 Å². The Morgan fingerprint density at radius 2 is 1.77 bits per heavy atom. The number of benzene rings is 1. The highest BCUT2D eigenvalue weighted by atomic mass is 31.2. The summed E-state index contributed by atoms with van der Waals surface area (Å²) < 4.78 is 22.5. The minimum absolute atomic E-state index is 0.207. The molecule has 124 valence electrons. The van der Waals surface area contributed by atoms with Crippen LogP contribution in [0, 0.1) is 0 Å². The van der Waals surface area contributed by atoms with Gasteiger partial charge in [0, 0.05) is 6.42 Å². The molecular weight excluding hydrogens is 305 g/mol. The fourth-order valence-electron chi connectivity index (χ4n) is 1.82. The lowest BCUT2D eigenvalue weighted by Crippen LogP contribution is -2.23. The Balaban J connectivity index is 2.21. The summed E-state index contributed by atoms with van der Waals surface area (Å²) in [6, 6.07) is 9.54. The second-order valence-electron chi connectivity index (χ2n) is 4.57. The molecule has 0 aliphatic heterocycles. The van der Waals surface area contributed by atoms with E-state index in [2.05, 4.69) is 5.48 Å². The second-order valence-corrected chi connectivity index (χ2v) is 6.76. The average Bonchev–Trinajstić information content (AvgIpc) is 2.49. The van der Waals surface area contributed by atoms with Gasteiger partial charge < -0.3 is 9.05 Å². The lowest BCUT2D eigenvalue weighted by Gasteiger charge is -2.16. The molecule has 0 saturated carbocycles. The summed E-state index contributed by atoms with van der Waals surface area (Å²) in [5.74, 6) is -0.254. The maximum absolute atomic E-state index is 12.2. The van der Waals surface area contributed by atoms with Gasteiger partial charge in [-0.1, -0.05) is 30.3 Å². The number of carbonyl (C=O) groups is 1. The van der Waals surface area contributed by atoms with Crippen molar-refractivity contribution in [3.63, 3.8) is 0 Å². The molecule has 22 heavy (non-hydrogen) atoms. The molecule has 0 atom stereocenters. The van der Waals surface area contributed by atoms with Crippen LogP contribution in [0.4, 0.5) is 0 Å². The van der Waals surface area contributed by atoms with Crippen molar-refractivity contribution < 1.29 is 23.2 Å². The quantitative estimate of drug-likeness (QED) is 0.498. The average molecular weight is 329 g/mol. The van der Waals surface area contributed by atoms with Gasteiger partial charge in [-0.25, -0.2) is 5.48 Å². The molecule has 1 aromatic rings. The van der Waals surface area contributed by atoms with E-state index in [1.807, 2.05) is 30.3 Å². The molecule has 0 bridgehead atoms. The molecule has 0 radical (unpaired) electrons. The molecule has 1 rings (SSSR count). The Kier molecular flexibility index (Phi) is 9.01. The molecule has 0 aliphatic carbocycles. The van der Waals surface area contributed by atoms with Crippen LogP contribution in [-0.2, 0) is 29.9 Å². The Labute approximate surface area is 131 Å². The van der Waals surface area contributed by atoms with Crippen LogP contribution in [-0.4, -0.2) is 25.3 Å². The molecule has 0 saturated heterocycles. The third kappa shape index (κ3) is 7.71. The largest absolute Gasteiger partial charge is 0.330 e. The lowest BCUT2D eigenvalue weighted by molar-refractivity contribution is -0.134. The van der Waals surface area contributed by atoms with E-state index in [9.17, 15) is 9.36 Å². The first-order valence-corrected chi connectivity index (χ1v) is 9.15. The first-order chi connectivity index (χ1) is 10.6. The molecule has 1 N–H and O–H groups in total. The Bertz CT molecular complexity index is 470. The smallest absolute Gasteiger partial charge is 0.309 e. The zero-order chi connectivity index (χ0) is 16.3. The van der Waals surface area contributed by atoms with E-state index in [0.29, 0.717) is 26.2 Å². The minimum atomic E-state index is -3.07. The standard InChI is InChI=1S/C15H24NO5P/c1-3-20-22(18,21-4-2)12-8-11-15(17)16-19-13-14-9-6-5-7-10-14/h5-7,9-10H,3-4,8,11-13H2,1-2H3,(H,16,17). The van der Waals surface area contributed by atoms with Crippen molar-refractivity contribution >= 4 is 13.5 Å². The van der Waals surface area contributed by atoms with E-state index in [1.165, 1.54) is 0 Å². The van der Waals surface area contributed by atoms with E-state index in [1.54, 1.807) is 13.8 Å². The van der Waals surface area contributed by atoms with E-state index < -0.39 is 7.60 Å². The predicted molar refractivity (Wildman–Crippen MR) is 84.3 cm³/mol. The van der Waals surface area contributed by atoms with Crippen LogP contribution >= 0.6 is 7.60 Å². The van der Waals surface area contributed by atoms with E-state index in [0.717, 1.165) is 5.56 Å². The summed E-state index contributed by atoms with van der Waals surface area (Å²) in [7, 11) is -3.07. The van der Waals surface area contributed by atoms with Gasteiger partial charge in [-0.3, -0.25) is 14.2 Å². The molecule has 7 heteroatoms.